The second kappa shape index (κ2) is 11.5. The highest BCUT2D eigenvalue weighted by atomic mass is 16.5. The van der Waals surface area contributed by atoms with E-state index in [-0.39, 0.29) is 5.91 Å². The zero-order valence-corrected chi connectivity index (χ0v) is 20.6. The summed E-state index contributed by atoms with van der Waals surface area (Å²) in [6.45, 7) is 6.12. The first-order valence-electron chi connectivity index (χ1n) is 12.4. The first kappa shape index (κ1) is 24.3. The molecule has 2 aromatic rings. The third-order valence-corrected chi connectivity index (χ3v) is 6.57. The fourth-order valence-electron chi connectivity index (χ4n) is 4.82. The minimum atomic E-state index is 0.109. The second-order valence-electron chi connectivity index (χ2n) is 8.95. The van der Waals surface area contributed by atoms with E-state index in [1.54, 1.807) is 20.3 Å². The monoisotopic (exact) mass is 471 g/mol. The summed E-state index contributed by atoms with van der Waals surface area (Å²) in [5, 5.41) is 11.7. The van der Waals surface area contributed by atoms with Gasteiger partial charge in [0.15, 0.2) is 5.69 Å². The highest BCUT2D eigenvalue weighted by Gasteiger charge is 2.31. The lowest BCUT2D eigenvalue weighted by molar-refractivity contribution is 0.0716. The van der Waals surface area contributed by atoms with Crippen LogP contribution in [0.3, 0.4) is 0 Å². The van der Waals surface area contributed by atoms with E-state index in [0.29, 0.717) is 36.0 Å². The van der Waals surface area contributed by atoms with Crippen LogP contribution in [0.1, 0.15) is 60.8 Å². The number of nitrogens with one attached hydrogen (secondary N) is 2. The molecule has 3 heterocycles. The van der Waals surface area contributed by atoms with Gasteiger partial charge in [-0.2, -0.15) is 15.1 Å². The number of carbonyl (C=O) groups excluding carboxylic acids is 1. The first-order valence-corrected chi connectivity index (χ1v) is 12.4. The Balaban J connectivity index is 1.37. The molecule has 2 aliphatic rings. The van der Waals surface area contributed by atoms with E-state index in [1.165, 1.54) is 12.1 Å². The Morgan fingerprint density at radius 1 is 1.12 bits per heavy atom. The number of anilines is 1. The van der Waals surface area contributed by atoms with Crippen LogP contribution in [-0.4, -0.2) is 77.0 Å². The Morgan fingerprint density at radius 2 is 1.85 bits per heavy atom. The van der Waals surface area contributed by atoms with Crippen molar-refractivity contribution in [2.45, 2.75) is 64.5 Å². The molecule has 0 bridgehead atoms. The van der Waals surface area contributed by atoms with Gasteiger partial charge < -0.3 is 25.0 Å². The minimum absolute atomic E-state index is 0.109. The number of piperidine rings is 1. The van der Waals surface area contributed by atoms with E-state index in [9.17, 15) is 4.79 Å². The van der Waals surface area contributed by atoms with Crippen LogP contribution >= 0.6 is 0 Å². The number of amides is 1. The highest BCUT2D eigenvalue weighted by Crippen LogP contribution is 2.27. The Hall–Kier alpha value is -2.88. The van der Waals surface area contributed by atoms with Crippen LogP contribution < -0.4 is 20.1 Å². The topological polar surface area (TPSA) is 106 Å². The van der Waals surface area contributed by atoms with Crippen LogP contribution in [-0.2, 0) is 19.4 Å². The molecule has 1 unspecified atom stereocenters. The zero-order chi connectivity index (χ0) is 23.9. The molecule has 2 aromatic heterocycles. The second-order valence-corrected chi connectivity index (χ2v) is 8.95. The van der Waals surface area contributed by atoms with Crippen LogP contribution in [0, 0.1) is 0 Å². The fraction of sp³-hybridized carbons (Fsp3) is 0.667. The molecule has 10 nitrogen and oxygen atoms in total. The van der Waals surface area contributed by atoms with Gasteiger partial charge in [0.1, 0.15) is 0 Å². The Kier molecular flexibility index (Phi) is 8.21. The van der Waals surface area contributed by atoms with E-state index in [2.05, 4.69) is 32.2 Å². The quantitative estimate of drug-likeness (QED) is 0.509. The average Bonchev–Trinajstić information content (AvgIpc) is 3.24. The minimum Gasteiger partial charge on any atom is -0.481 e. The largest absolute Gasteiger partial charge is 0.481 e. The Labute approximate surface area is 201 Å². The number of methoxy groups -OCH3 is 2. The van der Waals surface area contributed by atoms with E-state index in [4.69, 9.17) is 14.6 Å². The van der Waals surface area contributed by atoms with E-state index in [0.717, 1.165) is 70.3 Å². The summed E-state index contributed by atoms with van der Waals surface area (Å²) in [6, 6.07) is 1.95. The molecule has 1 aliphatic carbocycles. The van der Waals surface area contributed by atoms with Gasteiger partial charge in [0, 0.05) is 50.0 Å². The van der Waals surface area contributed by atoms with Crippen molar-refractivity contribution >= 4 is 11.9 Å². The lowest BCUT2D eigenvalue weighted by Gasteiger charge is -2.28. The molecule has 1 amide bonds. The Morgan fingerprint density at radius 3 is 2.53 bits per heavy atom. The van der Waals surface area contributed by atoms with Crippen LogP contribution in [0.25, 0.3) is 0 Å². The number of ether oxygens (including phenoxy) is 2. The van der Waals surface area contributed by atoms with Crippen LogP contribution in [0.4, 0.5) is 5.95 Å². The van der Waals surface area contributed by atoms with Crippen molar-refractivity contribution in [3.05, 3.63) is 23.0 Å². The van der Waals surface area contributed by atoms with Gasteiger partial charge in [-0.05, 0) is 44.9 Å². The zero-order valence-electron chi connectivity index (χ0n) is 20.6. The van der Waals surface area contributed by atoms with E-state index in [1.807, 2.05) is 4.90 Å². The predicted octanol–water partition coefficient (Wildman–Crippen LogP) is 2.29. The summed E-state index contributed by atoms with van der Waals surface area (Å²) in [6.07, 6.45) is 7.20. The molecule has 0 spiro atoms. The van der Waals surface area contributed by atoms with Crippen molar-refractivity contribution in [3.63, 3.8) is 0 Å². The number of fused-ring (bicyclic) bond motifs is 1. The number of hydrogen-bond acceptors (Lipinski definition) is 8. The smallest absolute Gasteiger partial charge is 0.274 e. The van der Waals surface area contributed by atoms with Gasteiger partial charge in [0.2, 0.25) is 17.7 Å². The SMILES string of the molecule is CCCn1nc(C(=O)N2CCCCC2)c2c1CCC(NCCNc1nc(OC)cc(OC)n1)C2. The molecule has 186 valence electrons. The van der Waals surface area contributed by atoms with E-state index < -0.39 is 0 Å². The third-order valence-electron chi connectivity index (χ3n) is 6.57. The molecule has 34 heavy (non-hydrogen) atoms. The molecule has 1 saturated heterocycles. The standard InChI is InChI=1S/C24H37N7O3/c1-4-12-31-19-9-8-17(15-18(19)22(29-31)23(32)30-13-6-5-7-14-30)25-10-11-26-24-27-20(33-2)16-21(28-24)34-3/h16-17,25H,4-15H2,1-3H3,(H,26,27,28). The van der Waals surface area contributed by atoms with Crippen molar-refractivity contribution in [3.8, 4) is 11.8 Å². The number of aryl methyl sites for hydroxylation is 1. The summed E-state index contributed by atoms with van der Waals surface area (Å²) in [7, 11) is 3.13. The van der Waals surface area contributed by atoms with Gasteiger partial charge in [0.05, 0.1) is 20.3 Å². The predicted molar refractivity (Wildman–Crippen MR) is 130 cm³/mol. The molecule has 0 saturated carbocycles. The number of rotatable bonds is 10. The number of nitrogens with zero attached hydrogens (tertiary/aromatic N) is 5. The molecular formula is C24H37N7O3. The average molecular weight is 472 g/mol. The van der Waals surface area contributed by atoms with Gasteiger partial charge in [0.25, 0.3) is 5.91 Å². The van der Waals surface area contributed by atoms with Gasteiger partial charge in [-0.25, -0.2) is 0 Å². The third kappa shape index (κ3) is 5.60. The lowest BCUT2D eigenvalue weighted by Crippen LogP contribution is -2.39. The van der Waals surface area contributed by atoms with Crippen LogP contribution in [0.2, 0.25) is 0 Å². The first-order chi connectivity index (χ1) is 16.6. The molecule has 1 fully saturated rings. The molecule has 0 aromatic carbocycles. The van der Waals surface area contributed by atoms with Crippen molar-refractivity contribution in [1.82, 2.24) is 30.0 Å². The molecule has 1 atom stereocenters. The summed E-state index contributed by atoms with van der Waals surface area (Å²) < 4.78 is 12.5. The summed E-state index contributed by atoms with van der Waals surface area (Å²) in [4.78, 5) is 23.9. The molecule has 10 heteroatoms. The number of likely N-dealkylation sites (tertiary alicyclic amines) is 1. The van der Waals surface area contributed by atoms with Crippen LogP contribution in [0.15, 0.2) is 6.07 Å². The maximum absolute atomic E-state index is 13.3. The molecule has 4 rings (SSSR count). The van der Waals surface area contributed by atoms with Gasteiger partial charge in [-0.15, -0.1) is 0 Å². The van der Waals surface area contributed by atoms with Crippen LogP contribution in [0.5, 0.6) is 11.8 Å². The summed E-state index contributed by atoms with van der Waals surface area (Å²) >= 11 is 0. The lowest BCUT2D eigenvalue weighted by atomic mass is 9.91. The van der Waals surface area contributed by atoms with E-state index >= 15 is 0 Å². The molecule has 1 aliphatic heterocycles. The Bertz CT molecular complexity index is 949. The number of hydrogen-bond donors (Lipinski definition) is 2. The van der Waals surface area contributed by atoms with Gasteiger partial charge in [-0.3, -0.25) is 9.48 Å². The summed E-state index contributed by atoms with van der Waals surface area (Å²) in [5.41, 5.74) is 3.06. The summed E-state index contributed by atoms with van der Waals surface area (Å²) in [5.74, 6) is 1.49. The molecular weight excluding hydrogens is 434 g/mol. The maximum Gasteiger partial charge on any atom is 0.274 e. The molecule has 2 N–H and O–H groups in total. The van der Waals surface area contributed by atoms with Crippen molar-refractivity contribution in [1.29, 1.82) is 0 Å². The maximum atomic E-state index is 13.3. The van der Waals surface area contributed by atoms with Gasteiger partial charge in [-0.1, -0.05) is 6.92 Å². The fourth-order valence-corrected chi connectivity index (χ4v) is 4.82. The highest BCUT2D eigenvalue weighted by molar-refractivity contribution is 5.94. The van der Waals surface area contributed by atoms with Crippen molar-refractivity contribution < 1.29 is 14.3 Å². The van der Waals surface area contributed by atoms with Gasteiger partial charge >= 0.3 is 0 Å². The normalized spacial score (nSPS) is 17.9. The number of carbonyl (C=O) groups is 1. The number of aromatic nitrogens is 4. The van der Waals surface area contributed by atoms with Crippen molar-refractivity contribution in [2.24, 2.45) is 0 Å². The van der Waals surface area contributed by atoms with Crippen molar-refractivity contribution in [2.75, 3.05) is 45.7 Å². The molecule has 0 radical (unpaired) electrons.